The van der Waals surface area contributed by atoms with Gasteiger partial charge in [-0.25, -0.2) is 0 Å². The molecule has 0 aliphatic carbocycles. The summed E-state index contributed by atoms with van der Waals surface area (Å²) in [5, 5.41) is 14.0. The molecule has 3 heteroatoms. The van der Waals surface area contributed by atoms with E-state index in [1.807, 2.05) is 0 Å². The van der Waals surface area contributed by atoms with E-state index in [0.717, 1.165) is 52.0 Å². The Bertz CT molecular complexity index is 204. The number of rotatable bonds is 2. The van der Waals surface area contributed by atoms with Crippen LogP contribution in [0.3, 0.4) is 0 Å². The van der Waals surface area contributed by atoms with E-state index in [2.05, 4.69) is 12.2 Å². The second-order valence-electron chi connectivity index (χ2n) is 5.22. The Morgan fingerprint density at radius 3 is 2.80 bits per heavy atom. The van der Waals surface area contributed by atoms with Crippen LogP contribution >= 0.6 is 0 Å². The smallest absolute Gasteiger partial charge is 0.0700 e. The maximum atomic E-state index is 10.6. The molecule has 0 aromatic rings. The highest BCUT2D eigenvalue weighted by Crippen LogP contribution is 2.34. The second kappa shape index (κ2) is 4.81. The van der Waals surface area contributed by atoms with E-state index in [1.165, 1.54) is 0 Å². The first-order chi connectivity index (χ1) is 7.21. The van der Waals surface area contributed by atoms with Crippen molar-refractivity contribution >= 4 is 0 Å². The molecule has 0 bridgehead atoms. The van der Waals surface area contributed by atoms with Crippen molar-refractivity contribution in [1.29, 1.82) is 0 Å². The van der Waals surface area contributed by atoms with Gasteiger partial charge in [0.2, 0.25) is 0 Å². The Morgan fingerprint density at radius 1 is 1.40 bits per heavy atom. The van der Waals surface area contributed by atoms with Gasteiger partial charge in [0.1, 0.15) is 0 Å². The van der Waals surface area contributed by atoms with Crippen LogP contribution in [0.1, 0.15) is 32.6 Å². The molecule has 3 nitrogen and oxygen atoms in total. The van der Waals surface area contributed by atoms with Gasteiger partial charge in [0.05, 0.1) is 5.60 Å². The van der Waals surface area contributed by atoms with E-state index in [0.29, 0.717) is 11.8 Å². The summed E-state index contributed by atoms with van der Waals surface area (Å²) in [5.74, 6) is 1.05. The fourth-order valence-electron chi connectivity index (χ4n) is 2.81. The lowest BCUT2D eigenvalue weighted by Gasteiger charge is -2.41. The van der Waals surface area contributed by atoms with Crippen molar-refractivity contribution in [2.45, 2.75) is 38.2 Å². The molecular formula is C12H23NO2. The first-order valence-corrected chi connectivity index (χ1v) is 6.21. The lowest BCUT2D eigenvalue weighted by Crippen LogP contribution is -2.50. The predicted molar refractivity (Wildman–Crippen MR) is 59.8 cm³/mol. The Kier molecular flexibility index (Phi) is 3.65. The monoisotopic (exact) mass is 213 g/mol. The molecule has 2 heterocycles. The highest BCUT2D eigenvalue weighted by atomic mass is 16.5. The van der Waals surface area contributed by atoms with E-state index < -0.39 is 5.60 Å². The van der Waals surface area contributed by atoms with Crippen LogP contribution in [0.4, 0.5) is 0 Å². The van der Waals surface area contributed by atoms with Gasteiger partial charge in [-0.05, 0) is 44.1 Å². The maximum Gasteiger partial charge on any atom is 0.0700 e. The topological polar surface area (TPSA) is 41.5 Å². The van der Waals surface area contributed by atoms with Crippen LogP contribution < -0.4 is 5.32 Å². The Labute approximate surface area is 92.2 Å². The molecule has 15 heavy (non-hydrogen) atoms. The minimum Gasteiger partial charge on any atom is -0.390 e. The molecule has 2 saturated heterocycles. The molecule has 0 radical (unpaired) electrons. The third-order valence-electron chi connectivity index (χ3n) is 4.09. The molecule has 2 unspecified atom stereocenters. The van der Waals surface area contributed by atoms with Gasteiger partial charge in [0.25, 0.3) is 0 Å². The number of hydrogen-bond donors (Lipinski definition) is 2. The van der Waals surface area contributed by atoms with Crippen molar-refractivity contribution in [3.8, 4) is 0 Å². The number of hydrogen-bond acceptors (Lipinski definition) is 3. The van der Waals surface area contributed by atoms with Crippen molar-refractivity contribution in [3.63, 3.8) is 0 Å². The van der Waals surface area contributed by atoms with Crippen LogP contribution in [0.5, 0.6) is 0 Å². The molecule has 2 aliphatic rings. The third-order valence-corrected chi connectivity index (χ3v) is 4.09. The molecule has 2 aliphatic heterocycles. The van der Waals surface area contributed by atoms with E-state index in [1.54, 1.807) is 0 Å². The van der Waals surface area contributed by atoms with Crippen molar-refractivity contribution in [1.82, 2.24) is 5.32 Å². The molecule has 2 atom stereocenters. The molecule has 0 amide bonds. The first kappa shape index (κ1) is 11.4. The SMILES string of the molecule is CC1CNCCC1(O)CC1CCOCC1. The zero-order chi connectivity index (χ0) is 10.7. The first-order valence-electron chi connectivity index (χ1n) is 6.21. The van der Waals surface area contributed by atoms with Crippen LogP contribution in [0.15, 0.2) is 0 Å². The van der Waals surface area contributed by atoms with Gasteiger partial charge in [-0.3, -0.25) is 0 Å². The standard InChI is InChI=1S/C12H23NO2/c1-10-9-13-5-4-12(10,14)8-11-2-6-15-7-3-11/h10-11,13-14H,2-9H2,1H3. The number of aliphatic hydroxyl groups is 1. The summed E-state index contributed by atoms with van der Waals surface area (Å²) in [6.45, 7) is 5.84. The summed E-state index contributed by atoms with van der Waals surface area (Å²) >= 11 is 0. The Morgan fingerprint density at radius 2 is 2.13 bits per heavy atom. The average molecular weight is 213 g/mol. The fourth-order valence-corrected chi connectivity index (χ4v) is 2.81. The predicted octanol–water partition coefficient (Wildman–Crippen LogP) is 1.16. The molecular weight excluding hydrogens is 190 g/mol. The van der Waals surface area contributed by atoms with Gasteiger partial charge in [-0.2, -0.15) is 0 Å². The minimum atomic E-state index is -0.423. The van der Waals surface area contributed by atoms with E-state index in [4.69, 9.17) is 4.74 Å². The second-order valence-corrected chi connectivity index (χ2v) is 5.22. The molecule has 0 saturated carbocycles. The number of nitrogens with one attached hydrogen (secondary N) is 1. The highest BCUT2D eigenvalue weighted by molar-refractivity contribution is 4.91. The van der Waals surface area contributed by atoms with Gasteiger partial charge in [0, 0.05) is 19.8 Å². The summed E-state index contributed by atoms with van der Waals surface area (Å²) in [7, 11) is 0. The van der Waals surface area contributed by atoms with Crippen LogP contribution in [-0.2, 0) is 4.74 Å². The summed E-state index contributed by atoms with van der Waals surface area (Å²) in [6.07, 6.45) is 4.13. The third kappa shape index (κ3) is 2.71. The quantitative estimate of drug-likeness (QED) is 0.723. The van der Waals surface area contributed by atoms with E-state index >= 15 is 0 Å². The molecule has 0 aromatic heterocycles. The van der Waals surface area contributed by atoms with Crippen LogP contribution in [0, 0.1) is 11.8 Å². The van der Waals surface area contributed by atoms with Crippen molar-refractivity contribution in [2.24, 2.45) is 11.8 Å². The molecule has 88 valence electrons. The van der Waals surface area contributed by atoms with Crippen molar-refractivity contribution in [2.75, 3.05) is 26.3 Å². The zero-order valence-corrected chi connectivity index (χ0v) is 9.67. The summed E-state index contributed by atoms with van der Waals surface area (Å²) in [4.78, 5) is 0. The summed E-state index contributed by atoms with van der Waals surface area (Å²) in [5.41, 5.74) is -0.423. The largest absolute Gasteiger partial charge is 0.390 e. The normalized spacial score (nSPS) is 39.2. The average Bonchev–Trinajstić information content (AvgIpc) is 2.24. The van der Waals surface area contributed by atoms with E-state index in [9.17, 15) is 5.11 Å². The molecule has 2 fully saturated rings. The number of ether oxygens (including phenoxy) is 1. The molecule has 0 spiro atoms. The van der Waals surface area contributed by atoms with E-state index in [-0.39, 0.29) is 0 Å². The van der Waals surface area contributed by atoms with Crippen molar-refractivity contribution in [3.05, 3.63) is 0 Å². The summed E-state index contributed by atoms with van der Waals surface area (Å²) in [6, 6.07) is 0. The minimum absolute atomic E-state index is 0.383. The van der Waals surface area contributed by atoms with Crippen LogP contribution in [0.2, 0.25) is 0 Å². The van der Waals surface area contributed by atoms with Crippen molar-refractivity contribution < 1.29 is 9.84 Å². The lowest BCUT2D eigenvalue weighted by molar-refractivity contribution is -0.0648. The molecule has 0 aromatic carbocycles. The zero-order valence-electron chi connectivity index (χ0n) is 9.67. The fraction of sp³-hybridized carbons (Fsp3) is 1.00. The van der Waals surface area contributed by atoms with Crippen LogP contribution in [0.25, 0.3) is 0 Å². The number of piperidine rings is 1. The molecule has 2 N–H and O–H groups in total. The van der Waals surface area contributed by atoms with Gasteiger partial charge in [-0.15, -0.1) is 0 Å². The Hall–Kier alpha value is -0.120. The van der Waals surface area contributed by atoms with Gasteiger partial charge in [-0.1, -0.05) is 6.92 Å². The van der Waals surface area contributed by atoms with Gasteiger partial charge in [0.15, 0.2) is 0 Å². The molecule has 2 rings (SSSR count). The summed E-state index contributed by atoms with van der Waals surface area (Å²) < 4.78 is 5.35. The van der Waals surface area contributed by atoms with Crippen LogP contribution in [-0.4, -0.2) is 37.0 Å². The maximum absolute atomic E-state index is 10.6. The van der Waals surface area contributed by atoms with Gasteiger partial charge >= 0.3 is 0 Å². The Balaban J connectivity index is 1.89. The van der Waals surface area contributed by atoms with Gasteiger partial charge < -0.3 is 15.2 Å². The highest BCUT2D eigenvalue weighted by Gasteiger charge is 2.38. The lowest BCUT2D eigenvalue weighted by atomic mass is 9.75.